The van der Waals surface area contributed by atoms with Gasteiger partial charge in [0.05, 0.1) is 24.4 Å². The first-order valence-corrected chi connectivity index (χ1v) is 10.4. The van der Waals surface area contributed by atoms with E-state index in [1.165, 1.54) is 0 Å². The summed E-state index contributed by atoms with van der Waals surface area (Å²) in [6.45, 7) is 8.82. The van der Waals surface area contributed by atoms with E-state index in [1.807, 2.05) is 31.2 Å². The molecule has 0 aliphatic carbocycles. The van der Waals surface area contributed by atoms with Crippen LogP contribution in [0.2, 0.25) is 0 Å². The minimum absolute atomic E-state index is 0.0277. The van der Waals surface area contributed by atoms with Crippen molar-refractivity contribution >= 4 is 0 Å². The number of furan rings is 1. The molecule has 7 nitrogen and oxygen atoms in total. The maximum absolute atomic E-state index is 13.6. The van der Waals surface area contributed by atoms with Crippen molar-refractivity contribution in [2.45, 2.75) is 26.4 Å². The third kappa shape index (κ3) is 4.04. The van der Waals surface area contributed by atoms with E-state index >= 15 is 0 Å². The van der Waals surface area contributed by atoms with Crippen LogP contribution in [0.3, 0.4) is 0 Å². The molecule has 0 bridgehead atoms. The number of rotatable bonds is 6. The fourth-order valence-corrected chi connectivity index (χ4v) is 4.22. The van der Waals surface area contributed by atoms with Crippen molar-refractivity contribution in [1.82, 2.24) is 19.4 Å². The number of likely N-dealkylation sites (N-methyl/N-ethyl adjacent to an activating group) is 1. The molecule has 1 aliphatic heterocycles. The van der Waals surface area contributed by atoms with Gasteiger partial charge in [0.15, 0.2) is 0 Å². The van der Waals surface area contributed by atoms with Crippen LogP contribution in [0, 0.1) is 6.92 Å². The van der Waals surface area contributed by atoms with Gasteiger partial charge in [0.25, 0.3) is 5.56 Å². The second-order valence-electron chi connectivity index (χ2n) is 7.71. The van der Waals surface area contributed by atoms with Gasteiger partial charge in [-0.15, -0.1) is 0 Å². The molecule has 0 radical (unpaired) electrons. The van der Waals surface area contributed by atoms with E-state index in [2.05, 4.69) is 21.7 Å². The second kappa shape index (κ2) is 8.85. The Morgan fingerprint density at radius 2 is 2.00 bits per heavy atom. The van der Waals surface area contributed by atoms with E-state index in [4.69, 9.17) is 4.42 Å². The zero-order valence-corrected chi connectivity index (χ0v) is 17.5. The van der Waals surface area contributed by atoms with Crippen molar-refractivity contribution in [3.8, 4) is 5.75 Å². The summed E-state index contributed by atoms with van der Waals surface area (Å²) in [5, 5.41) is 10.9. The summed E-state index contributed by atoms with van der Waals surface area (Å²) in [6, 6.07) is 8.82. The molecule has 1 unspecified atom stereocenters. The SMILES string of the molecule is CCN1CCN(C(c2cccnc2)c2c(O)cc(C)n(Cc3ccco3)c2=O)CC1. The molecular weight excluding hydrogens is 380 g/mol. The lowest BCUT2D eigenvalue weighted by Crippen LogP contribution is -2.48. The van der Waals surface area contributed by atoms with Gasteiger partial charge in [0.1, 0.15) is 11.5 Å². The molecule has 7 heteroatoms. The largest absolute Gasteiger partial charge is 0.507 e. The number of pyridine rings is 2. The highest BCUT2D eigenvalue weighted by atomic mass is 16.3. The van der Waals surface area contributed by atoms with Crippen LogP contribution < -0.4 is 5.56 Å². The van der Waals surface area contributed by atoms with Crippen molar-refractivity contribution in [3.05, 3.63) is 81.9 Å². The third-order valence-electron chi connectivity index (χ3n) is 5.91. The van der Waals surface area contributed by atoms with Crippen LogP contribution in [0.1, 0.15) is 35.5 Å². The topological polar surface area (TPSA) is 74.7 Å². The van der Waals surface area contributed by atoms with E-state index in [-0.39, 0.29) is 17.4 Å². The average molecular weight is 409 g/mol. The lowest BCUT2D eigenvalue weighted by atomic mass is 9.97. The summed E-state index contributed by atoms with van der Waals surface area (Å²) in [5.74, 6) is 0.728. The van der Waals surface area contributed by atoms with Gasteiger partial charge in [0.2, 0.25) is 0 Å². The third-order valence-corrected chi connectivity index (χ3v) is 5.91. The summed E-state index contributed by atoms with van der Waals surface area (Å²) in [5.41, 5.74) is 1.79. The number of aromatic hydroxyl groups is 1. The van der Waals surface area contributed by atoms with Crippen LogP contribution in [0.15, 0.2) is 58.2 Å². The molecule has 1 aliphatic rings. The van der Waals surface area contributed by atoms with E-state index in [1.54, 1.807) is 29.3 Å². The van der Waals surface area contributed by atoms with E-state index < -0.39 is 0 Å². The molecule has 0 saturated carbocycles. The standard InChI is InChI=1S/C23H28N4O3/c1-3-25-9-11-26(12-10-25)22(18-6-4-8-24-15-18)21-20(28)14-17(2)27(23(21)29)16-19-7-5-13-30-19/h4-8,13-15,22,28H,3,9-12,16H2,1-2H3. The maximum Gasteiger partial charge on any atom is 0.260 e. The van der Waals surface area contributed by atoms with Crippen molar-refractivity contribution in [1.29, 1.82) is 0 Å². The average Bonchev–Trinajstić information content (AvgIpc) is 3.28. The Hall–Kier alpha value is -2.90. The Balaban J connectivity index is 1.79. The molecule has 3 aromatic heterocycles. The van der Waals surface area contributed by atoms with Gasteiger partial charge in [0, 0.05) is 44.3 Å². The normalized spacial score (nSPS) is 16.6. The molecule has 4 heterocycles. The van der Waals surface area contributed by atoms with Crippen LogP contribution in [0.25, 0.3) is 0 Å². The summed E-state index contributed by atoms with van der Waals surface area (Å²) >= 11 is 0. The molecule has 158 valence electrons. The highest BCUT2D eigenvalue weighted by Gasteiger charge is 2.31. The van der Waals surface area contributed by atoms with Gasteiger partial charge in [-0.05, 0) is 43.3 Å². The number of hydrogen-bond acceptors (Lipinski definition) is 6. The van der Waals surface area contributed by atoms with Crippen molar-refractivity contribution in [2.24, 2.45) is 0 Å². The Kier molecular flexibility index (Phi) is 6.01. The van der Waals surface area contributed by atoms with Gasteiger partial charge in [-0.3, -0.25) is 14.7 Å². The second-order valence-corrected chi connectivity index (χ2v) is 7.71. The predicted octanol–water partition coefficient (Wildman–Crippen LogP) is 2.63. The summed E-state index contributed by atoms with van der Waals surface area (Å²) in [7, 11) is 0. The van der Waals surface area contributed by atoms with Gasteiger partial charge >= 0.3 is 0 Å². The molecule has 0 aromatic carbocycles. The number of nitrogens with zero attached hydrogens (tertiary/aromatic N) is 4. The van der Waals surface area contributed by atoms with Gasteiger partial charge < -0.3 is 19.0 Å². The molecule has 3 aromatic rings. The zero-order valence-electron chi connectivity index (χ0n) is 17.5. The molecule has 1 fully saturated rings. The van der Waals surface area contributed by atoms with Gasteiger partial charge in [-0.1, -0.05) is 13.0 Å². The maximum atomic E-state index is 13.6. The zero-order chi connectivity index (χ0) is 21.1. The quantitative estimate of drug-likeness (QED) is 0.676. The lowest BCUT2D eigenvalue weighted by Gasteiger charge is -2.39. The van der Waals surface area contributed by atoms with Crippen molar-refractivity contribution < 1.29 is 9.52 Å². The summed E-state index contributed by atoms with van der Waals surface area (Å²) in [6.07, 6.45) is 5.11. The first kappa shape index (κ1) is 20.4. The highest BCUT2D eigenvalue weighted by molar-refractivity contribution is 5.40. The minimum atomic E-state index is -0.353. The first-order chi connectivity index (χ1) is 14.6. The van der Waals surface area contributed by atoms with Crippen LogP contribution in [0.4, 0.5) is 0 Å². The van der Waals surface area contributed by atoms with Crippen molar-refractivity contribution in [3.63, 3.8) is 0 Å². The Labute approximate surface area is 176 Å². The summed E-state index contributed by atoms with van der Waals surface area (Å²) in [4.78, 5) is 22.6. The molecule has 4 rings (SSSR count). The van der Waals surface area contributed by atoms with Crippen molar-refractivity contribution in [2.75, 3.05) is 32.7 Å². The van der Waals surface area contributed by atoms with E-state index in [9.17, 15) is 9.90 Å². The van der Waals surface area contributed by atoms with Crippen LogP contribution in [-0.4, -0.2) is 57.2 Å². The van der Waals surface area contributed by atoms with Gasteiger partial charge in [-0.25, -0.2) is 0 Å². The molecule has 1 saturated heterocycles. The highest BCUT2D eigenvalue weighted by Crippen LogP contribution is 2.33. The smallest absolute Gasteiger partial charge is 0.260 e. The fourth-order valence-electron chi connectivity index (χ4n) is 4.22. The Bertz CT molecular complexity index is 1020. The van der Waals surface area contributed by atoms with Gasteiger partial charge in [-0.2, -0.15) is 0 Å². The van der Waals surface area contributed by atoms with Crippen LogP contribution in [0.5, 0.6) is 5.75 Å². The monoisotopic (exact) mass is 408 g/mol. The fraction of sp³-hybridized carbons (Fsp3) is 0.391. The molecule has 1 atom stereocenters. The summed E-state index contributed by atoms with van der Waals surface area (Å²) < 4.78 is 7.12. The molecular formula is C23H28N4O3. The van der Waals surface area contributed by atoms with Crippen LogP contribution >= 0.6 is 0 Å². The number of aryl methyl sites for hydroxylation is 1. The predicted molar refractivity (Wildman–Crippen MR) is 115 cm³/mol. The number of aromatic nitrogens is 2. The molecule has 0 spiro atoms. The number of piperazine rings is 1. The van der Waals surface area contributed by atoms with Crippen LogP contribution in [-0.2, 0) is 6.54 Å². The molecule has 0 amide bonds. The molecule has 30 heavy (non-hydrogen) atoms. The van der Waals surface area contributed by atoms with E-state index in [0.29, 0.717) is 23.6 Å². The first-order valence-electron chi connectivity index (χ1n) is 10.4. The Morgan fingerprint density at radius 1 is 1.20 bits per heavy atom. The molecule has 1 N–H and O–H groups in total. The van der Waals surface area contributed by atoms with E-state index in [0.717, 1.165) is 38.3 Å². The minimum Gasteiger partial charge on any atom is -0.507 e. The number of hydrogen-bond donors (Lipinski definition) is 1. The Morgan fingerprint density at radius 3 is 2.63 bits per heavy atom. The lowest BCUT2D eigenvalue weighted by molar-refractivity contribution is 0.111.